The average Bonchev–Trinajstić information content (AvgIpc) is 2.54. The average molecular weight is 237 g/mol. The van der Waals surface area contributed by atoms with Crippen molar-refractivity contribution in [1.29, 1.82) is 0 Å². The molecule has 1 aliphatic rings. The van der Waals surface area contributed by atoms with Gasteiger partial charge in [-0.1, -0.05) is 18.9 Å². The third kappa shape index (κ3) is 2.78. The summed E-state index contributed by atoms with van der Waals surface area (Å²) in [5, 5.41) is 8.98. The van der Waals surface area contributed by atoms with Crippen molar-refractivity contribution in [2.45, 2.75) is 45.3 Å². The van der Waals surface area contributed by atoms with Gasteiger partial charge in [0.1, 0.15) is 5.82 Å². The Morgan fingerprint density at radius 2 is 2.18 bits per heavy atom. The molecule has 0 spiro atoms. The molecule has 1 saturated heterocycles. The number of anilines is 1. The lowest BCUT2D eigenvalue weighted by Crippen LogP contribution is -2.33. The maximum absolute atomic E-state index is 14.0. The summed E-state index contributed by atoms with van der Waals surface area (Å²) in [6, 6.07) is 5.43. The number of halogens is 1. The molecular weight excluding hydrogens is 217 g/mol. The highest BCUT2D eigenvalue weighted by Crippen LogP contribution is 2.27. The van der Waals surface area contributed by atoms with Crippen molar-refractivity contribution >= 4 is 5.69 Å². The molecule has 3 heteroatoms. The van der Waals surface area contributed by atoms with Crippen molar-refractivity contribution in [2.75, 3.05) is 11.4 Å². The van der Waals surface area contributed by atoms with Gasteiger partial charge >= 0.3 is 0 Å². The Morgan fingerprint density at radius 1 is 1.35 bits per heavy atom. The summed E-state index contributed by atoms with van der Waals surface area (Å²) in [6.07, 6.45) is 4.72. The largest absolute Gasteiger partial charge is 0.392 e. The Labute approximate surface area is 102 Å². The molecule has 1 aromatic carbocycles. The van der Waals surface area contributed by atoms with E-state index in [0.29, 0.717) is 17.3 Å². The van der Waals surface area contributed by atoms with Crippen molar-refractivity contribution in [1.82, 2.24) is 0 Å². The van der Waals surface area contributed by atoms with E-state index >= 15 is 0 Å². The maximum Gasteiger partial charge on any atom is 0.146 e. The van der Waals surface area contributed by atoms with Crippen molar-refractivity contribution < 1.29 is 9.50 Å². The van der Waals surface area contributed by atoms with Gasteiger partial charge in [-0.3, -0.25) is 0 Å². The van der Waals surface area contributed by atoms with Crippen LogP contribution in [0.4, 0.5) is 10.1 Å². The molecule has 0 aromatic heterocycles. The molecule has 1 aliphatic heterocycles. The summed E-state index contributed by atoms with van der Waals surface area (Å²) < 4.78 is 14.0. The number of rotatable bonds is 2. The van der Waals surface area contributed by atoms with E-state index < -0.39 is 0 Å². The molecule has 94 valence electrons. The van der Waals surface area contributed by atoms with Gasteiger partial charge in [0, 0.05) is 12.6 Å². The van der Waals surface area contributed by atoms with E-state index in [2.05, 4.69) is 11.8 Å². The van der Waals surface area contributed by atoms with Crippen molar-refractivity contribution in [2.24, 2.45) is 0 Å². The number of aliphatic hydroxyl groups is 1. The van der Waals surface area contributed by atoms with Crippen LogP contribution in [0, 0.1) is 5.82 Å². The first-order chi connectivity index (χ1) is 8.22. The van der Waals surface area contributed by atoms with Gasteiger partial charge in [-0.2, -0.15) is 0 Å². The Balaban J connectivity index is 2.25. The van der Waals surface area contributed by atoms with Crippen LogP contribution in [-0.2, 0) is 6.61 Å². The Kier molecular flexibility index (Phi) is 4.00. The van der Waals surface area contributed by atoms with Crippen LogP contribution in [0.1, 0.15) is 38.2 Å². The zero-order valence-corrected chi connectivity index (χ0v) is 10.3. The van der Waals surface area contributed by atoms with Crippen LogP contribution < -0.4 is 4.90 Å². The van der Waals surface area contributed by atoms with Crippen LogP contribution in [0.25, 0.3) is 0 Å². The second kappa shape index (κ2) is 5.50. The van der Waals surface area contributed by atoms with Gasteiger partial charge in [0.05, 0.1) is 12.3 Å². The van der Waals surface area contributed by atoms with E-state index in [1.54, 1.807) is 12.1 Å². The summed E-state index contributed by atoms with van der Waals surface area (Å²) in [6.45, 7) is 2.98. The predicted molar refractivity (Wildman–Crippen MR) is 67.6 cm³/mol. The van der Waals surface area contributed by atoms with Gasteiger partial charge < -0.3 is 10.0 Å². The van der Waals surface area contributed by atoms with Gasteiger partial charge in [-0.25, -0.2) is 4.39 Å². The lowest BCUT2D eigenvalue weighted by Gasteiger charge is -2.29. The molecule has 1 fully saturated rings. The lowest BCUT2D eigenvalue weighted by atomic mass is 10.1. The van der Waals surface area contributed by atoms with Gasteiger partial charge in [0.25, 0.3) is 0 Å². The molecule has 1 unspecified atom stereocenters. The molecule has 1 heterocycles. The van der Waals surface area contributed by atoms with Crippen LogP contribution in [0.3, 0.4) is 0 Å². The van der Waals surface area contributed by atoms with Crippen LogP contribution in [-0.4, -0.2) is 17.7 Å². The van der Waals surface area contributed by atoms with Crippen molar-refractivity contribution in [3.8, 4) is 0 Å². The first-order valence-corrected chi connectivity index (χ1v) is 6.38. The van der Waals surface area contributed by atoms with Gasteiger partial charge in [0.15, 0.2) is 0 Å². The zero-order chi connectivity index (χ0) is 12.3. The molecule has 0 bridgehead atoms. The minimum atomic E-state index is -0.217. The molecule has 1 atom stereocenters. The third-order valence-corrected chi connectivity index (χ3v) is 3.56. The van der Waals surface area contributed by atoms with E-state index in [0.717, 1.165) is 19.4 Å². The topological polar surface area (TPSA) is 23.5 Å². The van der Waals surface area contributed by atoms with Gasteiger partial charge in [-0.15, -0.1) is 0 Å². The summed E-state index contributed by atoms with van der Waals surface area (Å²) in [5.41, 5.74) is 1.31. The van der Waals surface area contributed by atoms with E-state index in [9.17, 15) is 4.39 Å². The Morgan fingerprint density at radius 3 is 2.88 bits per heavy atom. The number of benzene rings is 1. The Hall–Kier alpha value is -1.09. The molecule has 1 N–H and O–H groups in total. The first kappa shape index (κ1) is 12.4. The molecular formula is C14H20FNO. The van der Waals surface area contributed by atoms with Gasteiger partial charge in [0.2, 0.25) is 0 Å². The van der Waals surface area contributed by atoms with Crippen molar-refractivity contribution in [3.05, 3.63) is 29.6 Å². The molecule has 0 saturated carbocycles. The number of aliphatic hydroxyl groups excluding tert-OH is 1. The second-order valence-electron chi connectivity index (χ2n) is 4.84. The maximum atomic E-state index is 14.0. The third-order valence-electron chi connectivity index (χ3n) is 3.56. The predicted octanol–water partition coefficient (Wildman–Crippen LogP) is 3.09. The number of hydrogen-bond acceptors (Lipinski definition) is 2. The summed E-state index contributed by atoms with van der Waals surface area (Å²) >= 11 is 0. The molecule has 0 radical (unpaired) electrons. The van der Waals surface area contributed by atoms with Crippen LogP contribution in [0.15, 0.2) is 18.2 Å². The molecule has 1 aromatic rings. The Bertz CT molecular complexity index is 380. The highest BCUT2D eigenvalue weighted by Gasteiger charge is 2.19. The van der Waals surface area contributed by atoms with Crippen molar-refractivity contribution in [3.63, 3.8) is 0 Å². The molecule has 17 heavy (non-hydrogen) atoms. The highest BCUT2D eigenvalue weighted by molar-refractivity contribution is 5.50. The fourth-order valence-electron chi connectivity index (χ4n) is 2.51. The molecule has 2 nitrogen and oxygen atoms in total. The van der Waals surface area contributed by atoms with Crippen LogP contribution >= 0.6 is 0 Å². The molecule has 2 rings (SSSR count). The van der Waals surface area contributed by atoms with E-state index in [4.69, 9.17) is 5.11 Å². The molecule has 0 amide bonds. The quantitative estimate of drug-likeness (QED) is 0.854. The fraction of sp³-hybridized carbons (Fsp3) is 0.571. The number of hydrogen-bond donors (Lipinski definition) is 1. The standard InChI is InChI=1S/C14H20FNO/c1-11-5-3-2-4-8-16(11)14-7-6-12(10-17)9-13(14)15/h6-7,9,11,17H,2-5,8,10H2,1H3. The first-order valence-electron chi connectivity index (χ1n) is 6.38. The second-order valence-corrected chi connectivity index (χ2v) is 4.84. The lowest BCUT2D eigenvalue weighted by molar-refractivity contribution is 0.281. The fourth-order valence-corrected chi connectivity index (χ4v) is 2.51. The SMILES string of the molecule is CC1CCCCCN1c1ccc(CO)cc1F. The summed E-state index contributed by atoms with van der Waals surface area (Å²) in [7, 11) is 0. The minimum absolute atomic E-state index is 0.104. The molecule has 0 aliphatic carbocycles. The highest BCUT2D eigenvalue weighted by atomic mass is 19.1. The zero-order valence-electron chi connectivity index (χ0n) is 10.3. The minimum Gasteiger partial charge on any atom is -0.392 e. The monoisotopic (exact) mass is 237 g/mol. The van der Waals surface area contributed by atoms with Crippen LogP contribution in [0.2, 0.25) is 0 Å². The normalized spacial score (nSPS) is 21.4. The summed E-state index contributed by atoms with van der Waals surface area (Å²) in [5.74, 6) is -0.217. The van der Waals surface area contributed by atoms with E-state index in [1.807, 2.05) is 0 Å². The van der Waals surface area contributed by atoms with Crippen LogP contribution in [0.5, 0.6) is 0 Å². The van der Waals surface area contributed by atoms with E-state index in [1.165, 1.54) is 18.9 Å². The van der Waals surface area contributed by atoms with Gasteiger partial charge in [-0.05, 0) is 37.5 Å². The summed E-state index contributed by atoms with van der Waals surface area (Å²) in [4.78, 5) is 2.16. The number of nitrogens with zero attached hydrogens (tertiary/aromatic N) is 1. The smallest absolute Gasteiger partial charge is 0.146 e. The van der Waals surface area contributed by atoms with E-state index in [-0.39, 0.29) is 12.4 Å².